The van der Waals surface area contributed by atoms with Crippen molar-refractivity contribution in [1.82, 2.24) is 9.88 Å². The first-order chi connectivity index (χ1) is 9.90. The summed E-state index contributed by atoms with van der Waals surface area (Å²) in [5.41, 5.74) is 2.26. The Morgan fingerprint density at radius 2 is 2.25 bits per heavy atom. The Morgan fingerprint density at radius 3 is 3.15 bits per heavy atom. The summed E-state index contributed by atoms with van der Waals surface area (Å²) >= 11 is 0. The van der Waals surface area contributed by atoms with E-state index < -0.39 is 0 Å². The standard InChI is InChI=1S/C16H19N3O/c1-3-12(16-10-17-11-20-16)9-13(4-1)18-14-6-8-19-7-2-5-15(14)19/h1,3-4,9-11,14-15,18H,2,5-8H2. The van der Waals surface area contributed by atoms with Crippen LogP contribution in [0, 0.1) is 0 Å². The van der Waals surface area contributed by atoms with Crippen LogP contribution in [0.5, 0.6) is 0 Å². The Morgan fingerprint density at radius 1 is 1.25 bits per heavy atom. The van der Waals surface area contributed by atoms with Gasteiger partial charge in [-0.05, 0) is 37.9 Å². The Bertz CT molecular complexity index is 581. The molecule has 1 N–H and O–H groups in total. The van der Waals surface area contributed by atoms with Crippen LogP contribution in [0.4, 0.5) is 5.69 Å². The number of anilines is 1. The number of aromatic nitrogens is 1. The van der Waals surface area contributed by atoms with E-state index in [9.17, 15) is 0 Å². The van der Waals surface area contributed by atoms with E-state index in [1.165, 1.54) is 44.4 Å². The minimum atomic E-state index is 0.586. The van der Waals surface area contributed by atoms with Crippen LogP contribution in [0.3, 0.4) is 0 Å². The van der Waals surface area contributed by atoms with Crippen molar-refractivity contribution in [2.24, 2.45) is 0 Å². The molecule has 4 heteroatoms. The monoisotopic (exact) mass is 269 g/mol. The fourth-order valence-electron chi connectivity index (χ4n) is 3.59. The minimum Gasteiger partial charge on any atom is -0.444 e. The smallest absolute Gasteiger partial charge is 0.181 e. The topological polar surface area (TPSA) is 41.3 Å². The molecule has 1 aromatic carbocycles. The maximum Gasteiger partial charge on any atom is 0.181 e. The molecular weight excluding hydrogens is 250 g/mol. The number of benzene rings is 1. The molecule has 4 rings (SSSR count). The average molecular weight is 269 g/mol. The number of rotatable bonds is 3. The zero-order valence-corrected chi connectivity index (χ0v) is 11.5. The van der Waals surface area contributed by atoms with E-state index in [-0.39, 0.29) is 0 Å². The Labute approximate surface area is 118 Å². The normalized spacial score (nSPS) is 25.8. The first-order valence-electron chi connectivity index (χ1n) is 7.40. The van der Waals surface area contributed by atoms with Crippen LogP contribution < -0.4 is 5.32 Å². The summed E-state index contributed by atoms with van der Waals surface area (Å²) in [5, 5.41) is 3.71. The number of nitrogens with one attached hydrogen (secondary N) is 1. The van der Waals surface area contributed by atoms with Crippen LogP contribution in [0.1, 0.15) is 19.3 Å². The fraction of sp³-hybridized carbons (Fsp3) is 0.438. The average Bonchev–Trinajstić information content (AvgIpc) is 3.18. The zero-order chi connectivity index (χ0) is 13.4. The molecule has 2 saturated heterocycles. The van der Waals surface area contributed by atoms with Crippen molar-refractivity contribution in [3.63, 3.8) is 0 Å². The zero-order valence-electron chi connectivity index (χ0n) is 11.5. The SMILES string of the molecule is c1cc(NC2CCN3CCCC23)cc(-c2cnco2)c1. The van der Waals surface area contributed by atoms with Crippen LogP contribution in [0.15, 0.2) is 41.3 Å². The lowest BCUT2D eigenvalue weighted by Gasteiger charge is -2.22. The van der Waals surface area contributed by atoms with Crippen molar-refractivity contribution in [2.45, 2.75) is 31.3 Å². The summed E-state index contributed by atoms with van der Waals surface area (Å²) < 4.78 is 5.37. The lowest BCUT2D eigenvalue weighted by Crippen LogP contribution is -2.33. The Balaban J connectivity index is 1.53. The number of oxazole rings is 1. The van der Waals surface area contributed by atoms with Gasteiger partial charge in [-0.2, -0.15) is 0 Å². The molecule has 104 valence electrons. The molecular formula is C16H19N3O. The number of hydrogen-bond acceptors (Lipinski definition) is 4. The van der Waals surface area contributed by atoms with E-state index >= 15 is 0 Å². The van der Waals surface area contributed by atoms with Gasteiger partial charge in [-0.15, -0.1) is 0 Å². The van der Waals surface area contributed by atoms with Crippen LogP contribution in [0.25, 0.3) is 11.3 Å². The van der Waals surface area contributed by atoms with Crippen molar-refractivity contribution in [3.05, 3.63) is 36.9 Å². The summed E-state index contributed by atoms with van der Waals surface area (Å²) in [6.45, 7) is 2.52. The predicted octanol–water partition coefficient (Wildman–Crippen LogP) is 2.99. The summed E-state index contributed by atoms with van der Waals surface area (Å²) in [5.74, 6) is 0.822. The van der Waals surface area contributed by atoms with Gasteiger partial charge in [0.1, 0.15) is 0 Å². The summed E-state index contributed by atoms with van der Waals surface area (Å²) in [7, 11) is 0. The van der Waals surface area contributed by atoms with Gasteiger partial charge in [0.15, 0.2) is 12.2 Å². The molecule has 2 aliphatic heterocycles. The highest BCUT2D eigenvalue weighted by Crippen LogP contribution is 2.31. The molecule has 1 aromatic heterocycles. The fourth-order valence-corrected chi connectivity index (χ4v) is 3.59. The van der Waals surface area contributed by atoms with Crippen LogP contribution in [-0.2, 0) is 0 Å². The van der Waals surface area contributed by atoms with Gasteiger partial charge in [-0.3, -0.25) is 4.90 Å². The second-order valence-corrected chi connectivity index (χ2v) is 5.73. The number of nitrogens with zero attached hydrogens (tertiary/aromatic N) is 2. The molecule has 0 aliphatic carbocycles. The van der Waals surface area contributed by atoms with Gasteiger partial charge in [0.05, 0.1) is 6.20 Å². The van der Waals surface area contributed by atoms with Gasteiger partial charge in [-0.1, -0.05) is 12.1 Å². The molecule has 2 atom stereocenters. The summed E-state index contributed by atoms with van der Waals surface area (Å²) in [4.78, 5) is 6.60. The van der Waals surface area contributed by atoms with Crippen molar-refractivity contribution in [3.8, 4) is 11.3 Å². The van der Waals surface area contributed by atoms with Gasteiger partial charge in [0.25, 0.3) is 0 Å². The van der Waals surface area contributed by atoms with Crippen LogP contribution in [-0.4, -0.2) is 35.1 Å². The van der Waals surface area contributed by atoms with E-state index in [2.05, 4.69) is 39.5 Å². The highest BCUT2D eigenvalue weighted by atomic mass is 16.3. The summed E-state index contributed by atoms with van der Waals surface area (Å²) in [6, 6.07) is 9.73. The minimum absolute atomic E-state index is 0.586. The van der Waals surface area contributed by atoms with Gasteiger partial charge in [-0.25, -0.2) is 4.98 Å². The Kier molecular flexibility index (Phi) is 2.96. The lowest BCUT2D eigenvalue weighted by atomic mass is 10.1. The van der Waals surface area contributed by atoms with E-state index in [0.717, 1.165) is 17.4 Å². The van der Waals surface area contributed by atoms with E-state index in [1.54, 1.807) is 6.20 Å². The molecule has 0 amide bonds. The Hall–Kier alpha value is -1.81. The van der Waals surface area contributed by atoms with Gasteiger partial charge < -0.3 is 9.73 Å². The second-order valence-electron chi connectivity index (χ2n) is 5.73. The maximum atomic E-state index is 5.37. The summed E-state index contributed by atoms with van der Waals surface area (Å²) in [6.07, 6.45) is 7.16. The van der Waals surface area contributed by atoms with Gasteiger partial charge in [0.2, 0.25) is 0 Å². The molecule has 2 aliphatic rings. The molecule has 20 heavy (non-hydrogen) atoms. The quantitative estimate of drug-likeness (QED) is 0.930. The van der Waals surface area contributed by atoms with Gasteiger partial charge >= 0.3 is 0 Å². The largest absolute Gasteiger partial charge is 0.444 e. The highest BCUT2D eigenvalue weighted by Gasteiger charge is 2.36. The third-order valence-electron chi connectivity index (χ3n) is 4.54. The van der Waals surface area contributed by atoms with Crippen molar-refractivity contribution in [2.75, 3.05) is 18.4 Å². The molecule has 0 bridgehead atoms. The molecule has 4 nitrogen and oxygen atoms in total. The predicted molar refractivity (Wildman–Crippen MR) is 78.6 cm³/mol. The maximum absolute atomic E-state index is 5.37. The van der Waals surface area contributed by atoms with Gasteiger partial charge in [0, 0.05) is 29.9 Å². The molecule has 0 spiro atoms. The van der Waals surface area contributed by atoms with Crippen LogP contribution >= 0.6 is 0 Å². The molecule has 0 radical (unpaired) electrons. The lowest BCUT2D eigenvalue weighted by molar-refractivity contribution is 0.318. The molecule has 2 unspecified atom stereocenters. The molecule has 3 heterocycles. The molecule has 0 saturated carbocycles. The van der Waals surface area contributed by atoms with Crippen molar-refractivity contribution < 1.29 is 4.42 Å². The highest BCUT2D eigenvalue weighted by molar-refractivity contribution is 5.63. The van der Waals surface area contributed by atoms with Crippen LogP contribution in [0.2, 0.25) is 0 Å². The van der Waals surface area contributed by atoms with E-state index in [1.807, 2.05) is 0 Å². The number of fused-ring (bicyclic) bond motifs is 1. The van der Waals surface area contributed by atoms with E-state index in [0.29, 0.717) is 6.04 Å². The third-order valence-corrected chi connectivity index (χ3v) is 4.54. The van der Waals surface area contributed by atoms with Crippen molar-refractivity contribution >= 4 is 5.69 Å². The number of hydrogen-bond donors (Lipinski definition) is 1. The van der Waals surface area contributed by atoms with Crippen molar-refractivity contribution in [1.29, 1.82) is 0 Å². The molecule has 2 fully saturated rings. The third kappa shape index (κ3) is 2.10. The first kappa shape index (κ1) is 12.0. The molecule has 2 aromatic rings. The van der Waals surface area contributed by atoms with E-state index in [4.69, 9.17) is 4.42 Å². The first-order valence-corrected chi connectivity index (χ1v) is 7.40. The second kappa shape index (κ2) is 4.94.